The van der Waals surface area contributed by atoms with Crippen molar-refractivity contribution >= 4 is 29.9 Å². The maximum Gasteiger partial charge on any atom is 0.191 e. The molecule has 0 aromatic carbocycles. The smallest absolute Gasteiger partial charge is 0.191 e. The Morgan fingerprint density at radius 3 is 2.65 bits per heavy atom. The van der Waals surface area contributed by atoms with Crippen LogP contribution < -0.4 is 10.6 Å². The molecule has 2 N–H and O–H groups in total. The number of imidazole rings is 1. The van der Waals surface area contributed by atoms with E-state index in [1.54, 1.807) is 6.20 Å². The van der Waals surface area contributed by atoms with Gasteiger partial charge in [-0.2, -0.15) is 0 Å². The van der Waals surface area contributed by atoms with Crippen LogP contribution in [-0.4, -0.2) is 59.2 Å². The van der Waals surface area contributed by atoms with Crippen molar-refractivity contribution in [3.63, 3.8) is 0 Å². The van der Waals surface area contributed by atoms with E-state index in [-0.39, 0.29) is 24.0 Å². The fourth-order valence-corrected chi connectivity index (χ4v) is 2.83. The third-order valence-corrected chi connectivity index (χ3v) is 4.00. The molecule has 0 spiro atoms. The van der Waals surface area contributed by atoms with Crippen molar-refractivity contribution in [3.05, 3.63) is 18.7 Å². The number of aliphatic imine (C=N–C) groups is 1. The first-order valence-electron chi connectivity index (χ1n) is 8.54. The van der Waals surface area contributed by atoms with Gasteiger partial charge in [0.2, 0.25) is 0 Å². The average Bonchev–Trinajstić information content (AvgIpc) is 3.03. The first-order chi connectivity index (χ1) is 10.8. The van der Waals surface area contributed by atoms with E-state index in [9.17, 15) is 0 Å². The molecule has 7 heteroatoms. The lowest BCUT2D eigenvalue weighted by Gasteiger charge is -2.32. The van der Waals surface area contributed by atoms with Crippen LogP contribution in [-0.2, 0) is 6.54 Å². The summed E-state index contributed by atoms with van der Waals surface area (Å²) in [6.07, 6.45) is 9.25. The van der Waals surface area contributed by atoms with Crippen molar-refractivity contribution in [2.45, 2.75) is 45.7 Å². The molecule has 1 aliphatic rings. The molecule has 0 unspecified atom stereocenters. The number of piperidine rings is 1. The molecular formula is C16H31IN6. The number of aromatic nitrogens is 2. The van der Waals surface area contributed by atoms with Crippen LogP contribution in [0.5, 0.6) is 0 Å². The molecule has 1 saturated heterocycles. The zero-order valence-electron chi connectivity index (χ0n) is 14.4. The summed E-state index contributed by atoms with van der Waals surface area (Å²) in [5, 5.41) is 6.93. The van der Waals surface area contributed by atoms with Crippen molar-refractivity contribution in [1.29, 1.82) is 0 Å². The molecule has 0 radical (unpaired) electrons. The largest absolute Gasteiger partial charge is 0.357 e. The van der Waals surface area contributed by atoms with Gasteiger partial charge in [0.1, 0.15) is 0 Å². The van der Waals surface area contributed by atoms with Gasteiger partial charge in [0.15, 0.2) is 5.96 Å². The Labute approximate surface area is 157 Å². The van der Waals surface area contributed by atoms with Gasteiger partial charge in [-0.1, -0.05) is 6.92 Å². The number of nitrogens with zero attached hydrogens (tertiary/aromatic N) is 4. The Hall–Kier alpha value is -0.830. The lowest BCUT2D eigenvalue weighted by Crippen LogP contribution is -2.48. The molecule has 1 aromatic heterocycles. The molecule has 132 valence electrons. The monoisotopic (exact) mass is 434 g/mol. The van der Waals surface area contributed by atoms with Gasteiger partial charge in [0, 0.05) is 44.6 Å². The number of hydrogen-bond donors (Lipinski definition) is 2. The van der Waals surface area contributed by atoms with E-state index >= 15 is 0 Å². The number of guanidine groups is 1. The van der Waals surface area contributed by atoms with Crippen LogP contribution in [0.1, 0.15) is 33.1 Å². The van der Waals surface area contributed by atoms with Crippen LogP contribution >= 0.6 is 24.0 Å². The van der Waals surface area contributed by atoms with Gasteiger partial charge >= 0.3 is 0 Å². The predicted molar refractivity (Wildman–Crippen MR) is 107 cm³/mol. The molecule has 2 rings (SSSR count). The van der Waals surface area contributed by atoms with E-state index in [2.05, 4.69) is 43.9 Å². The Bertz CT molecular complexity index is 426. The molecule has 0 bridgehead atoms. The third-order valence-electron chi connectivity index (χ3n) is 4.00. The van der Waals surface area contributed by atoms with Crippen molar-refractivity contribution in [3.8, 4) is 0 Å². The first kappa shape index (κ1) is 20.2. The Balaban J connectivity index is 0.00000264. The summed E-state index contributed by atoms with van der Waals surface area (Å²) in [6.45, 7) is 10.5. The van der Waals surface area contributed by atoms with Crippen molar-refractivity contribution in [2.24, 2.45) is 4.99 Å². The van der Waals surface area contributed by atoms with E-state index < -0.39 is 0 Å². The standard InChI is InChI=1S/C16H30N6.HI/c1-3-9-21-10-5-15(6-11-21)20-16(18-4-2)19-8-13-22-12-7-17-14-22;/h7,12,14-15H,3-6,8-11,13H2,1-2H3,(H2,18,19,20);1H. The molecule has 1 aromatic rings. The first-order valence-corrected chi connectivity index (χ1v) is 8.54. The molecule has 1 aliphatic heterocycles. The predicted octanol–water partition coefficient (Wildman–Crippen LogP) is 1.93. The Kier molecular flexibility index (Phi) is 10.3. The highest BCUT2D eigenvalue weighted by atomic mass is 127. The molecule has 0 saturated carbocycles. The van der Waals surface area contributed by atoms with Gasteiger partial charge in [-0.05, 0) is 32.7 Å². The molecule has 2 heterocycles. The normalized spacial score (nSPS) is 16.9. The van der Waals surface area contributed by atoms with Crippen LogP contribution in [0.4, 0.5) is 0 Å². The van der Waals surface area contributed by atoms with E-state index in [1.165, 1.54) is 38.9 Å². The molecule has 0 amide bonds. The van der Waals surface area contributed by atoms with E-state index in [4.69, 9.17) is 0 Å². The van der Waals surface area contributed by atoms with Crippen molar-refractivity contribution < 1.29 is 0 Å². The summed E-state index contributed by atoms with van der Waals surface area (Å²) in [5.41, 5.74) is 0. The maximum absolute atomic E-state index is 4.67. The lowest BCUT2D eigenvalue weighted by atomic mass is 10.1. The second-order valence-corrected chi connectivity index (χ2v) is 5.82. The summed E-state index contributed by atoms with van der Waals surface area (Å²) in [6, 6.07) is 0.541. The highest BCUT2D eigenvalue weighted by Gasteiger charge is 2.19. The number of rotatable bonds is 7. The van der Waals surface area contributed by atoms with Gasteiger partial charge in [-0.15, -0.1) is 24.0 Å². The average molecular weight is 434 g/mol. The minimum atomic E-state index is 0. The fraction of sp³-hybridized carbons (Fsp3) is 0.750. The number of halogens is 1. The van der Waals surface area contributed by atoms with Crippen LogP contribution in [0.15, 0.2) is 23.7 Å². The highest BCUT2D eigenvalue weighted by Crippen LogP contribution is 2.10. The summed E-state index contributed by atoms with van der Waals surface area (Å²) in [4.78, 5) is 11.3. The number of hydrogen-bond acceptors (Lipinski definition) is 3. The van der Waals surface area contributed by atoms with Crippen LogP contribution in [0, 0.1) is 0 Å². The SMILES string of the molecule is CCCN1CCC(NC(=NCCn2ccnc2)NCC)CC1.I. The minimum Gasteiger partial charge on any atom is -0.357 e. The van der Waals surface area contributed by atoms with Gasteiger partial charge in [0.25, 0.3) is 0 Å². The van der Waals surface area contributed by atoms with Gasteiger partial charge in [-0.3, -0.25) is 4.99 Å². The number of likely N-dealkylation sites (tertiary alicyclic amines) is 1. The molecular weight excluding hydrogens is 403 g/mol. The fourth-order valence-electron chi connectivity index (χ4n) is 2.83. The molecule has 0 atom stereocenters. The molecule has 6 nitrogen and oxygen atoms in total. The lowest BCUT2D eigenvalue weighted by molar-refractivity contribution is 0.206. The third kappa shape index (κ3) is 7.52. The van der Waals surface area contributed by atoms with Gasteiger partial charge < -0.3 is 20.1 Å². The van der Waals surface area contributed by atoms with E-state index in [0.717, 1.165) is 25.6 Å². The highest BCUT2D eigenvalue weighted by molar-refractivity contribution is 14.0. The van der Waals surface area contributed by atoms with Crippen molar-refractivity contribution in [2.75, 3.05) is 32.7 Å². The van der Waals surface area contributed by atoms with Gasteiger partial charge in [0.05, 0.1) is 12.9 Å². The maximum atomic E-state index is 4.67. The summed E-state index contributed by atoms with van der Waals surface area (Å²) in [7, 11) is 0. The molecule has 23 heavy (non-hydrogen) atoms. The van der Waals surface area contributed by atoms with Crippen LogP contribution in [0.2, 0.25) is 0 Å². The van der Waals surface area contributed by atoms with Crippen LogP contribution in [0.25, 0.3) is 0 Å². The molecule has 1 fully saturated rings. The van der Waals surface area contributed by atoms with Gasteiger partial charge in [-0.25, -0.2) is 4.98 Å². The summed E-state index contributed by atoms with van der Waals surface area (Å²) < 4.78 is 2.05. The van der Waals surface area contributed by atoms with E-state index in [0.29, 0.717) is 6.04 Å². The second kappa shape index (κ2) is 11.7. The van der Waals surface area contributed by atoms with Crippen molar-refractivity contribution in [1.82, 2.24) is 25.1 Å². The quantitative estimate of drug-likeness (QED) is 0.391. The number of nitrogens with one attached hydrogen (secondary N) is 2. The molecule has 0 aliphatic carbocycles. The Morgan fingerprint density at radius 1 is 1.26 bits per heavy atom. The zero-order valence-corrected chi connectivity index (χ0v) is 16.7. The summed E-state index contributed by atoms with van der Waals surface area (Å²) >= 11 is 0. The topological polar surface area (TPSA) is 57.5 Å². The second-order valence-electron chi connectivity index (χ2n) is 5.82. The minimum absolute atomic E-state index is 0. The van der Waals surface area contributed by atoms with Crippen LogP contribution in [0.3, 0.4) is 0 Å². The van der Waals surface area contributed by atoms with E-state index in [1.807, 2.05) is 12.5 Å². The summed E-state index contributed by atoms with van der Waals surface area (Å²) in [5.74, 6) is 0.941. The zero-order chi connectivity index (χ0) is 15.6. The Morgan fingerprint density at radius 2 is 2.04 bits per heavy atom.